The smallest absolute Gasteiger partial charge is 0.182 e. The highest BCUT2D eigenvalue weighted by Gasteiger charge is 2.36. The lowest BCUT2D eigenvalue weighted by atomic mass is 10.1. The van der Waals surface area contributed by atoms with E-state index in [2.05, 4.69) is 31.5 Å². The number of aromatic nitrogens is 4. The quantitative estimate of drug-likeness (QED) is 0.685. The third-order valence-corrected chi connectivity index (χ3v) is 2.80. The van der Waals surface area contributed by atoms with E-state index in [4.69, 9.17) is 4.74 Å². The Hall–Kier alpha value is -0.490. The van der Waals surface area contributed by atoms with Crippen LogP contribution in [-0.2, 0) is 16.9 Å². The van der Waals surface area contributed by atoms with Crippen molar-refractivity contribution in [2.75, 3.05) is 5.33 Å². The summed E-state index contributed by atoms with van der Waals surface area (Å²) in [6, 6.07) is 0. The summed E-state index contributed by atoms with van der Waals surface area (Å²) in [7, 11) is 0. The second-order valence-electron chi connectivity index (χ2n) is 3.59. The largest absolute Gasteiger partial charge is 0.361 e. The average molecular weight is 247 g/mol. The highest BCUT2D eigenvalue weighted by Crippen LogP contribution is 2.28. The first kappa shape index (κ1) is 9.08. The summed E-state index contributed by atoms with van der Waals surface area (Å²) in [6.07, 6.45) is 0.144. The summed E-state index contributed by atoms with van der Waals surface area (Å²) in [5.41, 5.74) is -0.389. The van der Waals surface area contributed by atoms with Gasteiger partial charge in [0.05, 0.1) is 12.6 Å². The third-order valence-electron chi connectivity index (χ3n) is 2.08. The Morgan fingerprint density at radius 1 is 1.69 bits per heavy atom. The van der Waals surface area contributed by atoms with E-state index in [-0.39, 0.29) is 11.7 Å². The Labute approximate surface area is 84.6 Å². The minimum atomic E-state index is -0.389. The predicted molar refractivity (Wildman–Crippen MR) is 49.5 cm³/mol. The minimum absolute atomic E-state index is 0.144. The normalized spacial score (nSPS) is 25.6. The molecule has 1 aromatic rings. The fraction of sp³-hybridized carbons (Fsp3) is 0.857. The number of fused-ring (bicyclic) bond motifs is 1. The first-order valence-corrected chi connectivity index (χ1v) is 5.26. The van der Waals surface area contributed by atoms with Crippen molar-refractivity contribution >= 4 is 15.9 Å². The molecule has 0 N–H and O–H groups in total. The molecule has 0 radical (unpaired) electrons. The standard InChI is InChI=1S/C7H11BrN4O/c1-7(2)6-9-10-11-12(6)4-5(3-8)13-7/h5H,3-4H2,1-2H3. The monoisotopic (exact) mass is 246 g/mol. The molecule has 0 amide bonds. The number of rotatable bonds is 1. The summed E-state index contributed by atoms with van der Waals surface area (Å²) in [6.45, 7) is 4.67. The fourth-order valence-corrected chi connectivity index (χ4v) is 1.88. The summed E-state index contributed by atoms with van der Waals surface area (Å²) in [5, 5.41) is 12.3. The number of alkyl halides is 1. The van der Waals surface area contributed by atoms with Crippen molar-refractivity contribution in [3.8, 4) is 0 Å². The van der Waals surface area contributed by atoms with Crippen molar-refractivity contribution < 1.29 is 4.74 Å². The first-order valence-electron chi connectivity index (χ1n) is 4.14. The number of nitrogens with zero attached hydrogens (tertiary/aromatic N) is 4. The van der Waals surface area contributed by atoms with Gasteiger partial charge in [-0.3, -0.25) is 0 Å². The summed E-state index contributed by atoms with van der Waals surface area (Å²) in [4.78, 5) is 0. The molecule has 1 unspecified atom stereocenters. The molecular formula is C7H11BrN4O. The molecule has 1 aliphatic rings. The number of ether oxygens (including phenoxy) is 1. The molecule has 2 rings (SSSR count). The van der Waals surface area contributed by atoms with E-state index in [1.165, 1.54) is 0 Å². The Balaban J connectivity index is 2.36. The highest BCUT2D eigenvalue weighted by molar-refractivity contribution is 9.09. The van der Waals surface area contributed by atoms with Gasteiger partial charge in [-0.15, -0.1) is 5.10 Å². The van der Waals surface area contributed by atoms with Crippen molar-refractivity contribution in [1.82, 2.24) is 20.2 Å². The molecule has 2 heterocycles. The molecule has 0 fully saturated rings. The van der Waals surface area contributed by atoms with Crippen LogP contribution in [0.5, 0.6) is 0 Å². The van der Waals surface area contributed by atoms with Crippen molar-refractivity contribution in [3.63, 3.8) is 0 Å². The average Bonchev–Trinajstić information content (AvgIpc) is 2.51. The zero-order valence-corrected chi connectivity index (χ0v) is 9.15. The van der Waals surface area contributed by atoms with Gasteiger partial charge in [0.15, 0.2) is 5.82 Å². The van der Waals surface area contributed by atoms with Crippen LogP contribution in [0.2, 0.25) is 0 Å². The van der Waals surface area contributed by atoms with Gasteiger partial charge in [-0.05, 0) is 24.3 Å². The molecular weight excluding hydrogens is 236 g/mol. The second kappa shape index (κ2) is 3.02. The van der Waals surface area contributed by atoms with Crippen LogP contribution in [0.15, 0.2) is 0 Å². The van der Waals surface area contributed by atoms with Gasteiger partial charge in [0, 0.05) is 5.33 Å². The van der Waals surface area contributed by atoms with E-state index in [1.54, 1.807) is 4.68 Å². The van der Waals surface area contributed by atoms with Crippen molar-refractivity contribution in [3.05, 3.63) is 5.82 Å². The van der Waals surface area contributed by atoms with Gasteiger partial charge in [-0.25, -0.2) is 4.68 Å². The van der Waals surface area contributed by atoms with Crippen LogP contribution in [0.1, 0.15) is 19.7 Å². The first-order chi connectivity index (χ1) is 6.13. The maximum absolute atomic E-state index is 5.80. The number of tetrazole rings is 1. The van der Waals surface area contributed by atoms with Crippen molar-refractivity contribution in [2.24, 2.45) is 0 Å². The van der Waals surface area contributed by atoms with Crippen LogP contribution in [-0.4, -0.2) is 31.6 Å². The number of hydrogen-bond acceptors (Lipinski definition) is 4. The molecule has 0 aromatic carbocycles. The van der Waals surface area contributed by atoms with E-state index >= 15 is 0 Å². The molecule has 1 atom stereocenters. The predicted octanol–water partition coefficient (Wildman–Crippen LogP) is 0.702. The zero-order valence-electron chi connectivity index (χ0n) is 7.57. The van der Waals surface area contributed by atoms with Crippen LogP contribution < -0.4 is 0 Å². The van der Waals surface area contributed by atoms with Gasteiger partial charge in [-0.2, -0.15) is 0 Å². The topological polar surface area (TPSA) is 52.8 Å². The molecule has 0 saturated carbocycles. The van der Waals surface area contributed by atoms with Gasteiger partial charge in [0.25, 0.3) is 0 Å². The molecule has 0 aliphatic carbocycles. The number of halogens is 1. The Morgan fingerprint density at radius 2 is 2.46 bits per heavy atom. The molecule has 0 bridgehead atoms. The molecule has 1 aliphatic heterocycles. The maximum Gasteiger partial charge on any atom is 0.182 e. The Morgan fingerprint density at radius 3 is 3.15 bits per heavy atom. The SMILES string of the molecule is CC1(C)OC(CBr)Cn2nnnc21. The van der Waals surface area contributed by atoms with Gasteiger partial charge in [-0.1, -0.05) is 15.9 Å². The van der Waals surface area contributed by atoms with E-state index < -0.39 is 0 Å². The van der Waals surface area contributed by atoms with E-state index in [0.29, 0.717) is 0 Å². The van der Waals surface area contributed by atoms with Gasteiger partial charge >= 0.3 is 0 Å². The van der Waals surface area contributed by atoms with Gasteiger partial charge in [0.1, 0.15) is 5.60 Å². The van der Waals surface area contributed by atoms with Crippen molar-refractivity contribution in [2.45, 2.75) is 32.1 Å². The molecule has 5 nitrogen and oxygen atoms in total. The maximum atomic E-state index is 5.80. The summed E-state index contributed by atoms with van der Waals surface area (Å²) in [5.74, 6) is 0.796. The van der Waals surface area contributed by atoms with Crippen LogP contribution >= 0.6 is 15.9 Å². The molecule has 0 spiro atoms. The van der Waals surface area contributed by atoms with Crippen LogP contribution in [0.25, 0.3) is 0 Å². The van der Waals surface area contributed by atoms with E-state index in [0.717, 1.165) is 17.7 Å². The Kier molecular flexibility index (Phi) is 2.11. The minimum Gasteiger partial charge on any atom is -0.361 e. The molecule has 0 saturated heterocycles. The van der Waals surface area contributed by atoms with E-state index in [9.17, 15) is 0 Å². The highest BCUT2D eigenvalue weighted by atomic mass is 79.9. The molecule has 13 heavy (non-hydrogen) atoms. The summed E-state index contributed by atoms with van der Waals surface area (Å²) < 4.78 is 7.60. The van der Waals surface area contributed by atoms with Crippen LogP contribution in [0.3, 0.4) is 0 Å². The second-order valence-corrected chi connectivity index (χ2v) is 4.24. The van der Waals surface area contributed by atoms with Crippen molar-refractivity contribution in [1.29, 1.82) is 0 Å². The fourth-order valence-electron chi connectivity index (χ4n) is 1.54. The van der Waals surface area contributed by atoms with Crippen LogP contribution in [0.4, 0.5) is 0 Å². The van der Waals surface area contributed by atoms with Gasteiger partial charge in [0.2, 0.25) is 0 Å². The van der Waals surface area contributed by atoms with E-state index in [1.807, 2.05) is 13.8 Å². The third kappa shape index (κ3) is 1.48. The Bertz CT molecular complexity index is 311. The molecule has 1 aromatic heterocycles. The number of hydrogen-bond donors (Lipinski definition) is 0. The molecule has 6 heteroatoms. The van der Waals surface area contributed by atoms with Crippen LogP contribution in [0, 0.1) is 0 Å². The lowest BCUT2D eigenvalue weighted by molar-refractivity contribution is -0.101. The lowest BCUT2D eigenvalue weighted by Gasteiger charge is -2.33. The lowest BCUT2D eigenvalue weighted by Crippen LogP contribution is -2.40. The zero-order chi connectivity index (χ0) is 9.47. The summed E-state index contributed by atoms with van der Waals surface area (Å²) >= 11 is 3.40. The van der Waals surface area contributed by atoms with Gasteiger partial charge < -0.3 is 4.74 Å². The molecule has 72 valence electrons.